The predicted molar refractivity (Wildman–Crippen MR) is 72.3 cm³/mol. The third-order valence-electron chi connectivity index (χ3n) is 2.52. The molecule has 0 aromatic rings. The zero-order valence-electron chi connectivity index (χ0n) is 10.7. The van der Waals surface area contributed by atoms with Crippen LogP contribution < -0.4 is 10.6 Å². The van der Waals surface area contributed by atoms with E-state index in [-0.39, 0.29) is 0 Å². The van der Waals surface area contributed by atoms with Gasteiger partial charge in [0.2, 0.25) is 0 Å². The van der Waals surface area contributed by atoms with Crippen molar-refractivity contribution in [3.05, 3.63) is 24.3 Å². The summed E-state index contributed by atoms with van der Waals surface area (Å²) in [7, 11) is 0. The summed E-state index contributed by atoms with van der Waals surface area (Å²) in [5, 5.41) is 6.39. The minimum atomic E-state index is 0.738. The van der Waals surface area contributed by atoms with Gasteiger partial charge in [0.15, 0.2) is 5.96 Å². The first-order chi connectivity index (χ1) is 8.36. The molecule has 0 amide bonds. The van der Waals surface area contributed by atoms with Crippen molar-refractivity contribution in [1.82, 2.24) is 10.6 Å². The molecule has 0 aromatic heterocycles. The summed E-state index contributed by atoms with van der Waals surface area (Å²) in [6.07, 6.45) is 6.07. The standard InChI is InChI=1S/C13H23N3O/c1-3-8-15-13(14-4-2)16-9-5-12-6-10-17-11-7-12/h3,6H,1,4-5,7-11H2,2H3,(H2,14,15,16). The van der Waals surface area contributed by atoms with Gasteiger partial charge in [0.1, 0.15) is 0 Å². The Hall–Kier alpha value is -1.29. The fraction of sp³-hybridized carbons (Fsp3) is 0.615. The van der Waals surface area contributed by atoms with Crippen molar-refractivity contribution < 1.29 is 4.74 Å². The number of ether oxygens (including phenoxy) is 1. The van der Waals surface area contributed by atoms with Crippen LogP contribution in [0.2, 0.25) is 0 Å². The van der Waals surface area contributed by atoms with Crippen molar-refractivity contribution in [2.24, 2.45) is 4.99 Å². The second-order valence-corrected chi connectivity index (χ2v) is 3.87. The molecule has 4 nitrogen and oxygen atoms in total. The summed E-state index contributed by atoms with van der Waals surface area (Å²) >= 11 is 0. The lowest BCUT2D eigenvalue weighted by molar-refractivity contribution is 0.153. The summed E-state index contributed by atoms with van der Waals surface area (Å²) in [4.78, 5) is 4.51. The Morgan fingerprint density at radius 1 is 1.59 bits per heavy atom. The van der Waals surface area contributed by atoms with E-state index in [1.54, 1.807) is 0 Å². The Labute approximate surface area is 104 Å². The number of guanidine groups is 1. The van der Waals surface area contributed by atoms with Gasteiger partial charge in [-0.1, -0.05) is 17.7 Å². The molecular formula is C13H23N3O. The molecule has 0 bridgehead atoms. The number of nitrogens with zero attached hydrogens (tertiary/aromatic N) is 1. The average molecular weight is 237 g/mol. The third kappa shape index (κ3) is 6.12. The van der Waals surface area contributed by atoms with Crippen molar-refractivity contribution >= 4 is 5.96 Å². The highest BCUT2D eigenvalue weighted by Gasteiger charge is 2.03. The van der Waals surface area contributed by atoms with Gasteiger partial charge >= 0.3 is 0 Å². The topological polar surface area (TPSA) is 45.7 Å². The van der Waals surface area contributed by atoms with Gasteiger partial charge < -0.3 is 15.4 Å². The zero-order valence-corrected chi connectivity index (χ0v) is 10.7. The van der Waals surface area contributed by atoms with E-state index in [1.807, 2.05) is 6.08 Å². The van der Waals surface area contributed by atoms with Gasteiger partial charge in [0, 0.05) is 19.6 Å². The van der Waals surface area contributed by atoms with Gasteiger partial charge in [0.25, 0.3) is 0 Å². The molecule has 0 saturated heterocycles. The molecule has 0 fully saturated rings. The van der Waals surface area contributed by atoms with Crippen molar-refractivity contribution in [3.8, 4) is 0 Å². The monoisotopic (exact) mass is 237 g/mol. The van der Waals surface area contributed by atoms with Crippen LogP contribution in [0.4, 0.5) is 0 Å². The number of hydrogen-bond acceptors (Lipinski definition) is 2. The largest absolute Gasteiger partial charge is 0.377 e. The molecule has 0 saturated carbocycles. The van der Waals surface area contributed by atoms with Gasteiger partial charge in [0.05, 0.1) is 13.2 Å². The highest BCUT2D eigenvalue weighted by atomic mass is 16.5. The Morgan fingerprint density at radius 2 is 2.47 bits per heavy atom. The Kier molecular flexibility index (Phi) is 7.14. The lowest BCUT2D eigenvalue weighted by atomic mass is 10.1. The summed E-state index contributed by atoms with van der Waals surface area (Å²) in [6.45, 7) is 9.78. The molecule has 4 heteroatoms. The second kappa shape index (κ2) is 8.82. The van der Waals surface area contributed by atoms with Gasteiger partial charge in [-0.25, -0.2) is 0 Å². The minimum Gasteiger partial charge on any atom is -0.377 e. The van der Waals surface area contributed by atoms with Crippen molar-refractivity contribution in [2.75, 3.05) is 32.8 Å². The number of hydrogen-bond donors (Lipinski definition) is 2. The van der Waals surface area contributed by atoms with E-state index >= 15 is 0 Å². The van der Waals surface area contributed by atoms with E-state index in [0.717, 1.165) is 51.6 Å². The van der Waals surface area contributed by atoms with Crippen molar-refractivity contribution in [2.45, 2.75) is 19.8 Å². The first kappa shape index (κ1) is 13.8. The second-order valence-electron chi connectivity index (χ2n) is 3.87. The maximum Gasteiger partial charge on any atom is 0.191 e. The molecule has 1 aliphatic rings. The molecule has 0 aliphatic carbocycles. The number of nitrogens with one attached hydrogen (secondary N) is 2. The van der Waals surface area contributed by atoms with Crippen LogP contribution in [0.5, 0.6) is 0 Å². The van der Waals surface area contributed by atoms with E-state index in [4.69, 9.17) is 4.74 Å². The van der Waals surface area contributed by atoms with Crippen LogP contribution in [0.3, 0.4) is 0 Å². The van der Waals surface area contributed by atoms with Gasteiger partial charge in [-0.3, -0.25) is 4.99 Å². The molecule has 17 heavy (non-hydrogen) atoms. The van der Waals surface area contributed by atoms with Crippen molar-refractivity contribution in [3.63, 3.8) is 0 Å². The van der Waals surface area contributed by atoms with Crippen LogP contribution in [-0.2, 0) is 4.74 Å². The van der Waals surface area contributed by atoms with Crippen LogP contribution in [0.15, 0.2) is 29.3 Å². The fourth-order valence-electron chi connectivity index (χ4n) is 1.61. The lowest BCUT2D eigenvalue weighted by Gasteiger charge is -2.13. The van der Waals surface area contributed by atoms with E-state index in [2.05, 4.69) is 35.2 Å². The minimum absolute atomic E-state index is 0.738. The maximum absolute atomic E-state index is 5.27. The van der Waals surface area contributed by atoms with E-state index < -0.39 is 0 Å². The highest BCUT2D eigenvalue weighted by molar-refractivity contribution is 5.79. The molecule has 0 spiro atoms. The summed E-state index contributed by atoms with van der Waals surface area (Å²) < 4.78 is 5.27. The van der Waals surface area contributed by atoms with E-state index in [1.165, 1.54) is 5.57 Å². The maximum atomic E-state index is 5.27. The summed E-state index contributed by atoms with van der Waals surface area (Å²) in [5.74, 6) is 0.861. The van der Waals surface area contributed by atoms with Crippen LogP contribution in [0.1, 0.15) is 19.8 Å². The molecule has 96 valence electrons. The first-order valence-electron chi connectivity index (χ1n) is 6.25. The van der Waals surface area contributed by atoms with Crippen LogP contribution in [0.25, 0.3) is 0 Å². The molecule has 1 aliphatic heterocycles. The number of aliphatic imine (C=N–C) groups is 1. The Bertz CT molecular complexity index is 284. The fourth-order valence-corrected chi connectivity index (χ4v) is 1.61. The smallest absolute Gasteiger partial charge is 0.191 e. The average Bonchev–Trinajstić information content (AvgIpc) is 2.37. The van der Waals surface area contributed by atoms with E-state index in [9.17, 15) is 0 Å². The molecule has 0 aromatic carbocycles. The van der Waals surface area contributed by atoms with Crippen LogP contribution >= 0.6 is 0 Å². The highest BCUT2D eigenvalue weighted by Crippen LogP contribution is 2.11. The Balaban J connectivity index is 2.31. The van der Waals surface area contributed by atoms with E-state index in [0.29, 0.717) is 0 Å². The van der Waals surface area contributed by atoms with Crippen LogP contribution in [0, 0.1) is 0 Å². The molecule has 1 rings (SSSR count). The summed E-state index contributed by atoms with van der Waals surface area (Å²) in [6, 6.07) is 0. The van der Waals surface area contributed by atoms with Gasteiger partial charge in [-0.2, -0.15) is 0 Å². The molecule has 0 radical (unpaired) electrons. The van der Waals surface area contributed by atoms with Gasteiger partial charge in [-0.15, -0.1) is 6.58 Å². The quantitative estimate of drug-likeness (QED) is 0.418. The number of rotatable bonds is 6. The van der Waals surface area contributed by atoms with Crippen LogP contribution in [-0.4, -0.2) is 38.8 Å². The first-order valence-corrected chi connectivity index (χ1v) is 6.25. The lowest BCUT2D eigenvalue weighted by Crippen LogP contribution is -2.37. The SMILES string of the molecule is C=CCNC(=NCCC1=CCOCC1)NCC. The zero-order chi connectivity index (χ0) is 12.3. The molecule has 1 heterocycles. The molecule has 0 atom stereocenters. The normalized spacial score (nSPS) is 16.3. The van der Waals surface area contributed by atoms with Gasteiger partial charge in [-0.05, 0) is 19.8 Å². The third-order valence-corrected chi connectivity index (χ3v) is 2.52. The molecular weight excluding hydrogens is 214 g/mol. The van der Waals surface area contributed by atoms with Crippen molar-refractivity contribution in [1.29, 1.82) is 0 Å². The molecule has 2 N–H and O–H groups in total. The summed E-state index contributed by atoms with van der Waals surface area (Å²) in [5.41, 5.74) is 1.46. The molecule has 0 unspecified atom stereocenters. The predicted octanol–water partition coefficient (Wildman–Crippen LogP) is 1.46. The Morgan fingerprint density at radius 3 is 3.12 bits per heavy atom.